The number of hydrogen-bond acceptors (Lipinski definition) is 4. The van der Waals surface area contributed by atoms with Crippen molar-refractivity contribution in [1.82, 2.24) is 4.98 Å². The number of pyridine rings is 1. The van der Waals surface area contributed by atoms with Crippen molar-refractivity contribution in [2.75, 3.05) is 12.4 Å². The number of anilines is 2. The van der Waals surface area contributed by atoms with E-state index in [0.717, 1.165) is 0 Å². The Labute approximate surface area is 104 Å². The molecule has 1 aromatic heterocycles. The van der Waals surface area contributed by atoms with Crippen LogP contribution in [0.3, 0.4) is 0 Å². The SMILES string of the molecule is COc1cc(F)ccc1Nc1cc(C#N)ccn1. The summed E-state index contributed by atoms with van der Waals surface area (Å²) >= 11 is 0. The third-order valence-electron chi connectivity index (χ3n) is 2.32. The van der Waals surface area contributed by atoms with Gasteiger partial charge in [-0.25, -0.2) is 9.37 Å². The molecule has 0 bridgehead atoms. The molecule has 0 saturated carbocycles. The number of methoxy groups -OCH3 is 1. The Morgan fingerprint density at radius 1 is 1.33 bits per heavy atom. The van der Waals surface area contributed by atoms with Crippen molar-refractivity contribution >= 4 is 11.5 Å². The number of hydrogen-bond donors (Lipinski definition) is 1. The summed E-state index contributed by atoms with van der Waals surface area (Å²) in [6.07, 6.45) is 1.52. The van der Waals surface area contributed by atoms with Gasteiger partial charge in [0.05, 0.1) is 24.4 Å². The van der Waals surface area contributed by atoms with Crippen LogP contribution in [-0.2, 0) is 0 Å². The molecule has 90 valence electrons. The monoisotopic (exact) mass is 243 g/mol. The zero-order valence-corrected chi connectivity index (χ0v) is 9.64. The molecule has 0 fully saturated rings. The average Bonchev–Trinajstić information content (AvgIpc) is 2.41. The van der Waals surface area contributed by atoms with Crippen LogP contribution in [0.15, 0.2) is 36.5 Å². The summed E-state index contributed by atoms with van der Waals surface area (Å²) in [4.78, 5) is 4.07. The van der Waals surface area contributed by atoms with E-state index in [0.29, 0.717) is 22.8 Å². The molecule has 1 aromatic carbocycles. The lowest BCUT2D eigenvalue weighted by atomic mass is 10.2. The molecule has 0 spiro atoms. The van der Waals surface area contributed by atoms with Crippen molar-refractivity contribution in [3.05, 3.63) is 47.9 Å². The zero-order valence-electron chi connectivity index (χ0n) is 9.64. The van der Waals surface area contributed by atoms with Crippen molar-refractivity contribution in [2.24, 2.45) is 0 Å². The second-order valence-corrected chi connectivity index (χ2v) is 3.51. The maximum Gasteiger partial charge on any atom is 0.145 e. The molecular formula is C13H10FN3O. The normalized spacial score (nSPS) is 9.61. The molecule has 0 aliphatic rings. The van der Waals surface area contributed by atoms with Gasteiger partial charge in [0, 0.05) is 12.3 Å². The van der Waals surface area contributed by atoms with Crippen LogP contribution in [0.5, 0.6) is 5.75 Å². The first-order valence-electron chi connectivity index (χ1n) is 5.19. The predicted molar refractivity (Wildman–Crippen MR) is 65.2 cm³/mol. The molecule has 0 aliphatic heterocycles. The molecule has 0 radical (unpaired) electrons. The first kappa shape index (κ1) is 11.9. The van der Waals surface area contributed by atoms with Gasteiger partial charge < -0.3 is 10.1 Å². The van der Waals surface area contributed by atoms with Gasteiger partial charge >= 0.3 is 0 Å². The van der Waals surface area contributed by atoms with Crippen LogP contribution in [0.25, 0.3) is 0 Å². The van der Waals surface area contributed by atoms with E-state index >= 15 is 0 Å². The van der Waals surface area contributed by atoms with Crippen LogP contribution in [0.4, 0.5) is 15.9 Å². The molecular weight excluding hydrogens is 233 g/mol. The summed E-state index contributed by atoms with van der Waals surface area (Å²) in [5.74, 6) is 0.495. The summed E-state index contributed by atoms with van der Waals surface area (Å²) in [7, 11) is 1.46. The van der Waals surface area contributed by atoms with Crippen LogP contribution in [-0.4, -0.2) is 12.1 Å². The van der Waals surface area contributed by atoms with Crippen LogP contribution >= 0.6 is 0 Å². The fraction of sp³-hybridized carbons (Fsp3) is 0.0769. The number of nitrogens with one attached hydrogen (secondary N) is 1. The number of nitriles is 1. The molecule has 0 amide bonds. The van der Waals surface area contributed by atoms with Crippen LogP contribution in [0.1, 0.15) is 5.56 Å². The Hall–Kier alpha value is -2.61. The zero-order chi connectivity index (χ0) is 13.0. The van der Waals surface area contributed by atoms with E-state index in [9.17, 15) is 4.39 Å². The molecule has 2 aromatic rings. The molecule has 1 heterocycles. The molecule has 1 N–H and O–H groups in total. The molecule has 2 rings (SSSR count). The Morgan fingerprint density at radius 2 is 2.17 bits per heavy atom. The van der Waals surface area contributed by atoms with Gasteiger partial charge in [0.25, 0.3) is 0 Å². The summed E-state index contributed by atoms with van der Waals surface area (Å²) < 4.78 is 18.1. The van der Waals surface area contributed by atoms with Gasteiger partial charge in [-0.15, -0.1) is 0 Å². The summed E-state index contributed by atoms with van der Waals surface area (Å²) in [5.41, 5.74) is 1.08. The first-order valence-corrected chi connectivity index (χ1v) is 5.19. The Morgan fingerprint density at radius 3 is 2.89 bits per heavy atom. The van der Waals surface area contributed by atoms with E-state index in [1.165, 1.54) is 25.4 Å². The third kappa shape index (κ3) is 2.55. The van der Waals surface area contributed by atoms with Gasteiger partial charge in [-0.1, -0.05) is 0 Å². The van der Waals surface area contributed by atoms with Crippen molar-refractivity contribution in [3.8, 4) is 11.8 Å². The van der Waals surface area contributed by atoms with E-state index in [1.54, 1.807) is 18.2 Å². The van der Waals surface area contributed by atoms with Crippen LogP contribution in [0.2, 0.25) is 0 Å². The third-order valence-corrected chi connectivity index (χ3v) is 2.32. The Balaban J connectivity index is 2.31. The summed E-state index contributed by atoms with van der Waals surface area (Å²) in [6.45, 7) is 0. The highest BCUT2D eigenvalue weighted by Gasteiger charge is 2.05. The lowest BCUT2D eigenvalue weighted by Gasteiger charge is -2.10. The smallest absolute Gasteiger partial charge is 0.145 e. The van der Waals surface area contributed by atoms with Crippen molar-refractivity contribution in [1.29, 1.82) is 5.26 Å². The Bertz CT molecular complexity index is 607. The molecule has 4 nitrogen and oxygen atoms in total. The lowest BCUT2D eigenvalue weighted by molar-refractivity contribution is 0.413. The Kier molecular flexibility index (Phi) is 3.39. The number of halogens is 1. The predicted octanol–water partition coefficient (Wildman–Crippen LogP) is 2.84. The molecule has 5 heteroatoms. The molecule has 0 aliphatic carbocycles. The first-order chi connectivity index (χ1) is 8.72. The van der Waals surface area contributed by atoms with Gasteiger partial charge in [-0.3, -0.25) is 0 Å². The number of benzene rings is 1. The molecule has 0 saturated heterocycles. The van der Waals surface area contributed by atoms with E-state index < -0.39 is 0 Å². The largest absolute Gasteiger partial charge is 0.494 e. The number of nitrogens with zero attached hydrogens (tertiary/aromatic N) is 2. The average molecular weight is 243 g/mol. The van der Waals surface area contributed by atoms with Crippen LogP contribution in [0, 0.1) is 17.1 Å². The highest BCUT2D eigenvalue weighted by molar-refractivity contribution is 5.64. The number of ether oxygens (including phenoxy) is 1. The topological polar surface area (TPSA) is 57.9 Å². The van der Waals surface area contributed by atoms with Gasteiger partial charge in [0.1, 0.15) is 17.4 Å². The highest BCUT2D eigenvalue weighted by atomic mass is 19.1. The summed E-state index contributed by atoms with van der Waals surface area (Å²) in [6, 6.07) is 9.37. The number of aromatic nitrogens is 1. The minimum Gasteiger partial charge on any atom is -0.494 e. The number of rotatable bonds is 3. The maximum absolute atomic E-state index is 13.0. The van der Waals surface area contributed by atoms with Gasteiger partial charge in [-0.05, 0) is 24.3 Å². The van der Waals surface area contributed by atoms with Crippen molar-refractivity contribution in [3.63, 3.8) is 0 Å². The fourth-order valence-electron chi connectivity index (χ4n) is 1.47. The minimum absolute atomic E-state index is 0.374. The highest BCUT2D eigenvalue weighted by Crippen LogP contribution is 2.27. The second-order valence-electron chi connectivity index (χ2n) is 3.51. The van der Waals surface area contributed by atoms with E-state index in [1.807, 2.05) is 6.07 Å². The van der Waals surface area contributed by atoms with Gasteiger partial charge in [-0.2, -0.15) is 5.26 Å². The van der Waals surface area contributed by atoms with Gasteiger partial charge in [0.15, 0.2) is 0 Å². The van der Waals surface area contributed by atoms with E-state index in [2.05, 4.69) is 10.3 Å². The maximum atomic E-state index is 13.0. The van der Waals surface area contributed by atoms with Crippen molar-refractivity contribution < 1.29 is 9.13 Å². The molecule has 0 unspecified atom stereocenters. The quantitative estimate of drug-likeness (QED) is 0.900. The molecule has 18 heavy (non-hydrogen) atoms. The fourth-order valence-corrected chi connectivity index (χ4v) is 1.47. The molecule has 0 atom stereocenters. The summed E-state index contributed by atoms with van der Waals surface area (Å²) in [5, 5.41) is 11.8. The lowest BCUT2D eigenvalue weighted by Crippen LogP contribution is -1.97. The van der Waals surface area contributed by atoms with Gasteiger partial charge in [0.2, 0.25) is 0 Å². The van der Waals surface area contributed by atoms with E-state index in [4.69, 9.17) is 10.00 Å². The minimum atomic E-state index is -0.379. The standard InChI is InChI=1S/C13H10FN3O/c1-18-12-7-10(14)2-3-11(12)17-13-6-9(8-15)4-5-16-13/h2-7H,1H3,(H,16,17). The second kappa shape index (κ2) is 5.15. The van der Waals surface area contributed by atoms with Crippen molar-refractivity contribution in [2.45, 2.75) is 0 Å². The van der Waals surface area contributed by atoms with E-state index in [-0.39, 0.29) is 5.82 Å². The van der Waals surface area contributed by atoms with Crippen LogP contribution < -0.4 is 10.1 Å².